The summed E-state index contributed by atoms with van der Waals surface area (Å²) in [5.74, 6) is 1.44. The standard InChI is InChI=1S/C23H23IN2O4/c1-14(2)30-22-19(24)9-15(10-21(22)29-4)13-25-26-23(27)18-11-16-7-5-6-8-17(16)12-20(18)28-3/h5-14H,1-4H3,(H,26,27)/b25-13-. The van der Waals surface area contributed by atoms with Gasteiger partial charge in [0.15, 0.2) is 11.5 Å². The van der Waals surface area contributed by atoms with Crippen molar-refractivity contribution in [1.82, 2.24) is 5.43 Å². The predicted octanol–water partition coefficient (Wildman–Crippen LogP) is 5.01. The summed E-state index contributed by atoms with van der Waals surface area (Å²) in [6.45, 7) is 3.92. The average Bonchev–Trinajstić information content (AvgIpc) is 2.74. The molecular formula is C23H23IN2O4. The molecule has 3 aromatic rings. The second-order valence-corrected chi connectivity index (χ2v) is 7.96. The van der Waals surface area contributed by atoms with Crippen LogP contribution in [0.15, 0.2) is 53.6 Å². The summed E-state index contributed by atoms with van der Waals surface area (Å²) in [7, 11) is 3.13. The highest BCUT2D eigenvalue weighted by atomic mass is 127. The monoisotopic (exact) mass is 518 g/mol. The molecule has 0 saturated heterocycles. The molecule has 0 aliphatic heterocycles. The van der Waals surface area contributed by atoms with Crippen LogP contribution in [0.5, 0.6) is 17.2 Å². The van der Waals surface area contributed by atoms with Gasteiger partial charge < -0.3 is 14.2 Å². The molecule has 3 aromatic carbocycles. The van der Waals surface area contributed by atoms with E-state index in [9.17, 15) is 4.79 Å². The van der Waals surface area contributed by atoms with Gasteiger partial charge in [0.2, 0.25) is 0 Å². The second kappa shape index (κ2) is 9.80. The Morgan fingerprint density at radius 3 is 2.33 bits per heavy atom. The van der Waals surface area contributed by atoms with E-state index in [0.29, 0.717) is 22.8 Å². The molecule has 156 valence electrons. The highest BCUT2D eigenvalue weighted by molar-refractivity contribution is 14.1. The fourth-order valence-corrected chi connectivity index (χ4v) is 3.71. The Balaban J connectivity index is 1.81. The predicted molar refractivity (Wildman–Crippen MR) is 127 cm³/mol. The molecule has 7 heteroatoms. The number of carbonyl (C=O) groups is 1. The molecule has 0 spiro atoms. The van der Waals surface area contributed by atoms with Crippen molar-refractivity contribution in [1.29, 1.82) is 0 Å². The maximum Gasteiger partial charge on any atom is 0.275 e. The lowest BCUT2D eigenvalue weighted by atomic mass is 10.1. The molecule has 0 aliphatic carbocycles. The molecular weight excluding hydrogens is 495 g/mol. The van der Waals surface area contributed by atoms with E-state index in [1.54, 1.807) is 26.5 Å². The SMILES string of the molecule is COc1cc2ccccc2cc1C(=O)N/N=C\c1cc(I)c(OC(C)C)c(OC)c1. The maximum absolute atomic E-state index is 12.7. The van der Waals surface area contributed by atoms with Gasteiger partial charge in [0, 0.05) is 0 Å². The highest BCUT2D eigenvalue weighted by Crippen LogP contribution is 2.34. The lowest BCUT2D eigenvalue weighted by Crippen LogP contribution is -2.18. The molecule has 6 nitrogen and oxygen atoms in total. The first kappa shape index (κ1) is 21.9. The summed E-state index contributed by atoms with van der Waals surface area (Å²) < 4.78 is 17.5. The largest absolute Gasteiger partial charge is 0.496 e. The van der Waals surface area contributed by atoms with Crippen LogP contribution in [0.3, 0.4) is 0 Å². The van der Waals surface area contributed by atoms with Crippen LogP contribution in [0.25, 0.3) is 10.8 Å². The Kier molecular flexibility index (Phi) is 7.15. The minimum atomic E-state index is -0.352. The molecule has 0 fully saturated rings. The lowest BCUT2D eigenvalue weighted by Gasteiger charge is -2.15. The summed E-state index contributed by atoms with van der Waals surface area (Å²) in [5, 5.41) is 6.05. The van der Waals surface area contributed by atoms with E-state index in [-0.39, 0.29) is 12.0 Å². The summed E-state index contributed by atoms with van der Waals surface area (Å²) in [6, 6.07) is 15.1. The number of amides is 1. The fraction of sp³-hybridized carbons (Fsp3) is 0.217. The van der Waals surface area contributed by atoms with Gasteiger partial charge >= 0.3 is 0 Å². The van der Waals surface area contributed by atoms with E-state index in [1.165, 1.54) is 0 Å². The van der Waals surface area contributed by atoms with Crippen molar-refractivity contribution >= 4 is 45.5 Å². The van der Waals surface area contributed by atoms with Crippen molar-refractivity contribution < 1.29 is 19.0 Å². The summed E-state index contributed by atoms with van der Waals surface area (Å²) in [5.41, 5.74) is 3.76. The minimum absolute atomic E-state index is 0.0307. The molecule has 0 unspecified atom stereocenters. The zero-order valence-corrected chi connectivity index (χ0v) is 19.4. The van der Waals surface area contributed by atoms with E-state index < -0.39 is 0 Å². The molecule has 1 amide bonds. The van der Waals surface area contributed by atoms with Gasteiger partial charge in [-0.2, -0.15) is 5.10 Å². The number of methoxy groups -OCH3 is 2. The molecule has 3 rings (SSSR count). The summed E-state index contributed by atoms with van der Waals surface area (Å²) in [4.78, 5) is 12.7. The number of benzene rings is 3. The van der Waals surface area contributed by atoms with Crippen molar-refractivity contribution in [2.45, 2.75) is 20.0 Å². The Morgan fingerprint density at radius 2 is 1.70 bits per heavy atom. The zero-order chi connectivity index (χ0) is 21.7. The maximum atomic E-state index is 12.7. The number of hydrazone groups is 1. The number of halogens is 1. The quantitative estimate of drug-likeness (QED) is 0.271. The number of nitrogens with one attached hydrogen (secondary N) is 1. The number of hydrogen-bond donors (Lipinski definition) is 1. The minimum Gasteiger partial charge on any atom is -0.496 e. The van der Waals surface area contributed by atoms with E-state index in [0.717, 1.165) is 19.9 Å². The van der Waals surface area contributed by atoms with Crippen LogP contribution in [0, 0.1) is 3.57 Å². The van der Waals surface area contributed by atoms with Crippen molar-refractivity contribution in [2.24, 2.45) is 5.10 Å². The normalized spacial score (nSPS) is 11.1. The third-order valence-corrected chi connectivity index (χ3v) is 5.10. The van der Waals surface area contributed by atoms with Crippen LogP contribution < -0.4 is 19.6 Å². The molecule has 0 atom stereocenters. The molecule has 0 heterocycles. The lowest BCUT2D eigenvalue weighted by molar-refractivity contribution is 0.0952. The van der Waals surface area contributed by atoms with Gasteiger partial charge in [-0.1, -0.05) is 24.3 Å². The zero-order valence-electron chi connectivity index (χ0n) is 17.2. The number of carbonyl (C=O) groups excluding carboxylic acids is 1. The van der Waals surface area contributed by atoms with Gasteiger partial charge in [0.1, 0.15) is 5.75 Å². The van der Waals surface area contributed by atoms with Crippen LogP contribution in [-0.4, -0.2) is 32.4 Å². The van der Waals surface area contributed by atoms with Crippen LogP contribution in [0.2, 0.25) is 0 Å². The van der Waals surface area contributed by atoms with Gasteiger partial charge in [0.25, 0.3) is 5.91 Å². The molecule has 0 saturated carbocycles. The molecule has 0 aliphatic rings. The number of hydrogen-bond acceptors (Lipinski definition) is 5. The van der Waals surface area contributed by atoms with Crippen molar-refractivity contribution in [3.63, 3.8) is 0 Å². The van der Waals surface area contributed by atoms with Gasteiger partial charge in [-0.3, -0.25) is 4.79 Å². The first-order valence-electron chi connectivity index (χ1n) is 9.37. The topological polar surface area (TPSA) is 69.2 Å². The van der Waals surface area contributed by atoms with Crippen molar-refractivity contribution in [2.75, 3.05) is 14.2 Å². The van der Waals surface area contributed by atoms with Gasteiger partial charge in [-0.15, -0.1) is 0 Å². The van der Waals surface area contributed by atoms with E-state index in [1.807, 2.05) is 56.3 Å². The molecule has 0 bridgehead atoms. The first-order chi connectivity index (χ1) is 14.4. The molecule has 0 aromatic heterocycles. The van der Waals surface area contributed by atoms with E-state index >= 15 is 0 Å². The third kappa shape index (κ3) is 5.02. The van der Waals surface area contributed by atoms with E-state index in [4.69, 9.17) is 14.2 Å². The fourth-order valence-electron chi connectivity index (χ4n) is 2.96. The number of nitrogens with zero attached hydrogens (tertiary/aromatic N) is 1. The van der Waals surface area contributed by atoms with Crippen LogP contribution >= 0.6 is 22.6 Å². The average molecular weight is 518 g/mol. The first-order valence-corrected chi connectivity index (χ1v) is 10.4. The Labute approximate surface area is 189 Å². The van der Waals surface area contributed by atoms with Crippen molar-refractivity contribution in [3.05, 3.63) is 63.2 Å². The summed E-state index contributed by atoms with van der Waals surface area (Å²) >= 11 is 2.19. The Morgan fingerprint density at radius 1 is 1.03 bits per heavy atom. The Bertz CT molecular complexity index is 1100. The van der Waals surface area contributed by atoms with Crippen molar-refractivity contribution in [3.8, 4) is 17.2 Å². The molecule has 1 N–H and O–H groups in total. The van der Waals surface area contributed by atoms with Crippen LogP contribution in [0.1, 0.15) is 29.8 Å². The summed E-state index contributed by atoms with van der Waals surface area (Å²) in [6.07, 6.45) is 1.60. The number of rotatable bonds is 7. The second-order valence-electron chi connectivity index (χ2n) is 6.80. The highest BCUT2D eigenvalue weighted by Gasteiger charge is 2.14. The number of fused-ring (bicyclic) bond motifs is 1. The van der Waals surface area contributed by atoms with Gasteiger partial charge in [0.05, 0.1) is 35.7 Å². The third-order valence-electron chi connectivity index (χ3n) is 4.30. The molecule has 0 radical (unpaired) electrons. The van der Waals surface area contributed by atoms with E-state index in [2.05, 4.69) is 33.1 Å². The van der Waals surface area contributed by atoms with Crippen LogP contribution in [-0.2, 0) is 0 Å². The smallest absolute Gasteiger partial charge is 0.275 e. The molecule has 30 heavy (non-hydrogen) atoms. The Hall–Kier alpha value is -2.81. The number of ether oxygens (including phenoxy) is 3. The van der Waals surface area contributed by atoms with Gasteiger partial charge in [-0.25, -0.2) is 5.43 Å². The van der Waals surface area contributed by atoms with Gasteiger partial charge in [-0.05, 0) is 77.0 Å². The van der Waals surface area contributed by atoms with Crippen LogP contribution in [0.4, 0.5) is 0 Å².